The van der Waals surface area contributed by atoms with Crippen molar-refractivity contribution in [2.45, 2.75) is 25.5 Å². The minimum atomic E-state index is -3.00. The monoisotopic (exact) mass is 277 g/mol. The third-order valence-corrected chi connectivity index (χ3v) is 6.11. The van der Waals surface area contributed by atoms with Gasteiger partial charge in [-0.15, -0.1) is 0 Å². The molecule has 1 saturated heterocycles. The summed E-state index contributed by atoms with van der Waals surface area (Å²) in [5.74, 6) is 0.257. The molecule has 0 spiro atoms. The lowest BCUT2D eigenvalue weighted by molar-refractivity contribution is 0.140. The van der Waals surface area contributed by atoms with Crippen LogP contribution in [0.4, 0.5) is 0 Å². The van der Waals surface area contributed by atoms with Gasteiger partial charge in [0.2, 0.25) is 0 Å². The summed E-state index contributed by atoms with van der Waals surface area (Å²) in [6.07, 6.45) is 0. The molecule has 6 heteroatoms. The fourth-order valence-corrected chi connectivity index (χ4v) is 3.09. The Morgan fingerprint density at radius 1 is 1.00 bits per heavy atom. The summed E-state index contributed by atoms with van der Waals surface area (Å²) in [6.45, 7) is 11.5. The Morgan fingerprint density at radius 3 is 1.83 bits per heavy atom. The van der Waals surface area contributed by atoms with Crippen LogP contribution in [0, 0.1) is 0 Å². The van der Waals surface area contributed by atoms with Crippen LogP contribution in [0.5, 0.6) is 0 Å². The maximum atomic E-state index is 12.0. The topological polar surface area (TPSA) is 66.6 Å². The van der Waals surface area contributed by atoms with Gasteiger partial charge in [0.1, 0.15) is 0 Å². The van der Waals surface area contributed by atoms with Gasteiger partial charge in [-0.3, -0.25) is 9.80 Å². The Morgan fingerprint density at radius 2 is 1.44 bits per heavy atom. The van der Waals surface area contributed by atoms with Crippen LogP contribution < -0.4 is 5.73 Å². The Labute approximate surface area is 111 Å². The van der Waals surface area contributed by atoms with E-state index in [2.05, 4.69) is 9.80 Å². The van der Waals surface area contributed by atoms with Gasteiger partial charge < -0.3 is 5.73 Å². The molecule has 1 rings (SSSR count). The molecule has 0 aromatic heterocycles. The zero-order chi connectivity index (χ0) is 13.8. The number of nitrogens with zero attached hydrogens (tertiary/aromatic N) is 2. The second-order valence-electron chi connectivity index (χ2n) is 5.90. The predicted octanol–water partition coefficient (Wildman–Crippen LogP) is -0.224. The molecule has 1 heterocycles. The molecule has 0 atom stereocenters. The third kappa shape index (κ3) is 4.50. The van der Waals surface area contributed by atoms with Gasteiger partial charge in [-0.25, -0.2) is 8.42 Å². The normalized spacial score (nSPS) is 20.2. The Bertz CT molecular complexity index is 341. The highest BCUT2D eigenvalue weighted by atomic mass is 32.2. The standard InChI is InChI=1S/C12H27N3O2S/c1-12(2,3)18(16,17)11-10-15-8-6-14(5-4-13)7-9-15/h4-11,13H2,1-3H3. The number of rotatable bonds is 5. The summed E-state index contributed by atoms with van der Waals surface area (Å²) in [5.41, 5.74) is 5.52. The second-order valence-corrected chi connectivity index (χ2v) is 8.77. The quantitative estimate of drug-likeness (QED) is 0.752. The third-order valence-electron chi connectivity index (χ3n) is 3.52. The molecule has 0 unspecified atom stereocenters. The van der Waals surface area contributed by atoms with Gasteiger partial charge in [-0.2, -0.15) is 0 Å². The Balaban J connectivity index is 2.35. The predicted molar refractivity (Wildman–Crippen MR) is 75.5 cm³/mol. The van der Waals surface area contributed by atoms with Crippen LogP contribution >= 0.6 is 0 Å². The van der Waals surface area contributed by atoms with E-state index >= 15 is 0 Å². The highest BCUT2D eigenvalue weighted by Crippen LogP contribution is 2.16. The molecule has 0 amide bonds. The number of hydrogen-bond acceptors (Lipinski definition) is 5. The summed E-state index contributed by atoms with van der Waals surface area (Å²) in [5, 5.41) is 0. The van der Waals surface area contributed by atoms with Crippen LogP contribution in [0.2, 0.25) is 0 Å². The van der Waals surface area contributed by atoms with Gasteiger partial charge in [-0.05, 0) is 20.8 Å². The minimum absolute atomic E-state index is 0.257. The van der Waals surface area contributed by atoms with E-state index in [1.807, 2.05) is 0 Å². The van der Waals surface area contributed by atoms with Crippen molar-refractivity contribution in [2.24, 2.45) is 5.73 Å². The van der Waals surface area contributed by atoms with Crippen molar-refractivity contribution in [2.75, 3.05) is 51.6 Å². The maximum absolute atomic E-state index is 12.0. The smallest absolute Gasteiger partial charge is 0.156 e. The number of hydrogen-bond donors (Lipinski definition) is 1. The van der Waals surface area contributed by atoms with Crippen LogP contribution in [0.3, 0.4) is 0 Å². The highest BCUT2D eigenvalue weighted by molar-refractivity contribution is 7.92. The summed E-state index contributed by atoms with van der Waals surface area (Å²) in [4.78, 5) is 4.56. The first-order valence-electron chi connectivity index (χ1n) is 6.63. The molecule has 1 aliphatic rings. The molecule has 0 aliphatic carbocycles. The molecule has 0 saturated carbocycles. The minimum Gasteiger partial charge on any atom is -0.329 e. The van der Waals surface area contributed by atoms with Crippen LogP contribution in [0.15, 0.2) is 0 Å². The number of piperazine rings is 1. The SMILES string of the molecule is CC(C)(C)S(=O)(=O)CCN1CCN(CCN)CC1. The molecule has 0 aromatic rings. The molecule has 1 aliphatic heterocycles. The van der Waals surface area contributed by atoms with E-state index < -0.39 is 14.6 Å². The van der Waals surface area contributed by atoms with Crippen molar-refractivity contribution in [1.82, 2.24) is 9.80 Å². The van der Waals surface area contributed by atoms with Gasteiger partial charge in [0, 0.05) is 45.8 Å². The lowest BCUT2D eigenvalue weighted by Crippen LogP contribution is -2.49. The molecule has 1 fully saturated rings. The molecule has 18 heavy (non-hydrogen) atoms. The highest BCUT2D eigenvalue weighted by Gasteiger charge is 2.29. The summed E-state index contributed by atoms with van der Waals surface area (Å²) < 4.78 is 23.4. The van der Waals surface area contributed by atoms with E-state index in [-0.39, 0.29) is 5.75 Å². The van der Waals surface area contributed by atoms with Crippen LogP contribution in [-0.4, -0.2) is 74.5 Å². The fourth-order valence-electron chi connectivity index (χ4n) is 1.97. The van der Waals surface area contributed by atoms with E-state index in [0.29, 0.717) is 13.1 Å². The molecule has 0 radical (unpaired) electrons. The van der Waals surface area contributed by atoms with E-state index in [9.17, 15) is 8.42 Å². The lowest BCUT2D eigenvalue weighted by Gasteiger charge is -2.34. The molecule has 0 aromatic carbocycles. The summed E-state index contributed by atoms with van der Waals surface area (Å²) in [6, 6.07) is 0. The van der Waals surface area contributed by atoms with E-state index in [4.69, 9.17) is 5.73 Å². The van der Waals surface area contributed by atoms with Crippen molar-refractivity contribution < 1.29 is 8.42 Å². The number of sulfone groups is 1. The summed E-state index contributed by atoms with van der Waals surface area (Å²) in [7, 11) is -3.00. The van der Waals surface area contributed by atoms with Crippen LogP contribution in [-0.2, 0) is 9.84 Å². The zero-order valence-electron chi connectivity index (χ0n) is 11.9. The molecule has 0 bridgehead atoms. The maximum Gasteiger partial charge on any atom is 0.156 e. The summed E-state index contributed by atoms with van der Waals surface area (Å²) >= 11 is 0. The first-order chi connectivity index (χ1) is 8.26. The van der Waals surface area contributed by atoms with Gasteiger partial charge in [0.05, 0.1) is 10.5 Å². The number of nitrogens with two attached hydrogens (primary N) is 1. The Kier molecular flexibility index (Phi) is 5.58. The first-order valence-corrected chi connectivity index (χ1v) is 8.28. The van der Waals surface area contributed by atoms with Gasteiger partial charge in [0.25, 0.3) is 0 Å². The van der Waals surface area contributed by atoms with Gasteiger partial charge in [-0.1, -0.05) is 0 Å². The van der Waals surface area contributed by atoms with E-state index in [0.717, 1.165) is 32.7 Å². The van der Waals surface area contributed by atoms with Gasteiger partial charge >= 0.3 is 0 Å². The molecule has 108 valence electrons. The van der Waals surface area contributed by atoms with Gasteiger partial charge in [0.15, 0.2) is 9.84 Å². The fraction of sp³-hybridized carbons (Fsp3) is 1.00. The van der Waals surface area contributed by atoms with Crippen molar-refractivity contribution in [3.63, 3.8) is 0 Å². The molecular weight excluding hydrogens is 250 g/mol. The molecule has 2 N–H and O–H groups in total. The largest absolute Gasteiger partial charge is 0.329 e. The lowest BCUT2D eigenvalue weighted by atomic mass is 10.3. The van der Waals surface area contributed by atoms with Crippen molar-refractivity contribution in [3.05, 3.63) is 0 Å². The van der Waals surface area contributed by atoms with E-state index in [1.54, 1.807) is 20.8 Å². The van der Waals surface area contributed by atoms with Crippen molar-refractivity contribution >= 4 is 9.84 Å². The van der Waals surface area contributed by atoms with Crippen molar-refractivity contribution in [3.8, 4) is 0 Å². The Hall–Kier alpha value is -0.170. The van der Waals surface area contributed by atoms with Crippen LogP contribution in [0.25, 0.3) is 0 Å². The average Bonchev–Trinajstić information content (AvgIpc) is 2.27. The van der Waals surface area contributed by atoms with Crippen LogP contribution in [0.1, 0.15) is 20.8 Å². The average molecular weight is 277 g/mol. The van der Waals surface area contributed by atoms with Crippen molar-refractivity contribution in [1.29, 1.82) is 0 Å². The molecule has 5 nitrogen and oxygen atoms in total. The van der Waals surface area contributed by atoms with E-state index in [1.165, 1.54) is 0 Å². The zero-order valence-corrected chi connectivity index (χ0v) is 12.7. The first kappa shape index (κ1) is 15.9. The molecular formula is C12H27N3O2S. The second kappa shape index (κ2) is 6.32.